The van der Waals surface area contributed by atoms with E-state index in [-0.39, 0.29) is 17.0 Å². The van der Waals surface area contributed by atoms with Gasteiger partial charge < -0.3 is 24.5 Å². The first-order valence-corrected chi connectivity index (χ1v) is 11.6. The molecule has 2 fully saturated rings. The molecule has 4 heterocycles. The van der Waals surface area contributed by atoms with Crippen LogP contribution in [-0.2, 0) is 19.1 Å². The number of carbonyl (C=O) groups is 3. The lowest BCUT2D eigenvalue weighted by atomic mass is 9.95. The number of aromatic nitrogens is 2. The van der Waals surface area contributed by atoms with Gasteiger partial charge >= 0.3 is 5.97 Å². The number of hydrogen-bond donors (Lipinski definition) is 2. The zero-order chi connectivity index (χ0) is 25.1. The van der Waals surface area contributed by atoms with Gasteiger partial charge in [0, 0.05) is 49.8 Å². The molecular formula is C25H30N4O6. The van der Waals surface area contributed by atoms with Gasteiger partial charge in [0.1, 0.15) is 11.5 Å². The van der Waals surface area contributed by atoms with Crippen LogP contribution in [0.15, 0.2) is 30.1 Å². The molecule has 35 heavy (non-hydrogen) atoms. The van der Waals surface area contributed by atoms with Crippen molar-refractivity contribution < 1.29 is 29.0 Å². The van der Waals surface area contributed by atoms with E-state index in [1.807, 2.05) is 0 Å². The fourth-order valence-electron chi connectivity index (χ4n) is 4.83. The highest BCUT2D eigenvalue weighted by molar-refractivity contribution is 6.46. The van der Waals surface area contributed by atoms with E-state index >= 15 is 0 Å². The van der Waals surface area contributed by atoms with Gasteiger partial charge in [0.15, 0.2) is 0 Å². The maximum atomic E-state index is 13.2. The molecule has 186 valence electrons. The number of rotatable bonds is 7. The number of carbonyl (C=O) groups excluding carboxylic acids is 3. The number of aliphatic hydroxyl groups excluding tert-OH is 1. The van der Waals surface area contributed by atoms with E-state index < -0.39 is 23.7 Å². The van der Waals surface area contributed by atoms with Gasteiger partial charge in [0.25, 0.3) is 11.7 Å². The molecule has 2 aromatic heterocycles. The average Bonchev–Trinajstić information content (AvgIpc) is 3.31. The summed E-state index contributed by atoms with van der Waals surface area (Å²) >= 11 is 0. The summed E-state index contributed by atoms with van der Waals surface area (Å²) < 4.78 is 10.2. The van der Waals surface area contributed by atoms with Crippen LogP contribution in [0.2, 0.25) is 0 Å². The Labute approximate surface area is 203 Å². The molecule has 0 spiro atoms. The van der Waals surface area contributed by atoms with Crippen LogP contribution in [0, 0.1) is 13.8 Å². The third-order valence-corrected chi connectivity index (χ3v) is 6.58. The van der Waals surface area contributed by atoms with Crippen molar-refractivity contribution in [2.24, 2.45) is 0 Å². The number of ether oxygens (including phenoxy) is 2. The number of pyridine rings is 1. The summed E-state index contributed by atoms with van der Waals surface area (Å²) in [5.74, 6) is -2.34. The highest BCUT2D eigenvalue weighted by Crippen LogP contribution is 2.40. The maximum absolute atomic E-state index is 13.2. The summed E-state index contributed by atoms with van der Waals surface area (Å²) in [6.45, 7) is 7.49. The first kappa shape index (κ1) is 24.6. The Morgan fingerprint density at radius 3 is 2.66 bits per heavy atom. The van der Waals surface area contributed by atoms with Crippen molar-refractivity contribution >= 4 is 23.4 Å². The molecular weight excluding hydrogens is 452 g/mol. The number of ketones is 1. The van der Waals surface area contributed by atoms with Crippen molar-refractivity contribution in [3.63, 3.8) is 0 Å². The number of Topliss-reactive ketones (excluding diaryl/α,β-unsaturated/α-hetero) is 1. The fourth-order valence-corrected chi connectivity index (χ4v) is 4.83. The van der Waals surface area contributed by atoms with Crippen LogP contribution in [-0.4, -0.2) is 89.0 Å². The summed E-state index contributed by atoms with van der Waals surface area (Å²) in [6, 6.07) is 2.72. The van der Waals surface area contributed by atoms with Gasteiger partial charge in [0.05, 0.1) is 31.9 Å². The first-order valence-electron chi connectivity index (χ1n) is 11.6. The van der Waals surface area contributed by atoms with Gasteiger partial charge in [-0.05, 0) is 37.5 Å². The molecule has 2 N–H and O–H groups in total. The molecule has 1 amide bonds. The van der Waals surface area contributed by atoms with Gasteiger partial charge in [-0.1, -0.05) is 6.07 Å². The molecule has 0 bridgehead atoms. The second kappa shape index (κ2) is 10.4. The van der Waals surface area contributed by atoms with E-state index in [2.05, 4.69) is 14.9 Å². The quantitative estimate of drug-likeness (QED) is 0.266. The predicted octanol–water partition coefficient (Wildman–Crippen LogP) is 1.96. The second-order valence-electron chi connectivity index (χ2n) is 8.70. The van der Waals surface area contributed by atoms with Crippen molar-refractivity contribution in [2.45, 2.75) is 26.3 Å². The minimum Gasteiger partial charge on any atom is -0.507 e. The topological polar surface area (TPSA) is 125 Å². The Kier molecular flexibility index (Phi) is 7.32. The highest BCUT2D eigenvalue weighted by Gasteiger charge is 2.46. The number of nitrogens with one attached hydrogen (secondary N) is 1. The Bertz CT molecular complexity index is 1150. The SMILES string of the molecule is COC(=O)c1[nH]c(C)c(/C(O)=C2\C(=O)C(=O)N(CCCN3CCOCC3)C2c2cccnc2)c1C. The number of aryl methyl sites for hydroxylation is 1. The lowest BCUT2D eigenvalue weighted by molar-refractivity contribution is -0.140. The molecule has 0 aliphatic carbocycles. The van der Waals surface area contributed by atoms with Crippen LogP contribution in [0.5, 0.6) is 0 Å². The number of likely N-dealkylation sites (tertiary alicyclic amines) is 1. The van der Waals surface area contributed by atoms with E-state index in [0.29, 0.717) is 48.6 Å². The summed E-state index contributed by atoms with van der Waals surface area (Å²) in [6.07, 6.45) is 3.87. The zero-order valence-corrected chi connectivity index (χ0v) is 20.2. The molecule has 2 aromatic rings. The molecule has 2 aliphatic rings. The van der Waals surface area contributed by atoms with Crippen LogP contribution in [0.3, 0.4) is 0 Å². The Morgan fingerprint density at radius 2 is 2.00 bits per heavy atom. The third kappa shape index (κ3) is 4.71. The minimum absolute atomic E-state index is 0.0176. The van der Waals surface area contributed by atoms with Gasteiger partial charge in [-0.3, -0.25) is 19.5 Å². The van der Waals surface area contributed by atoms with Crippen LogP contribution >= 0.6 is 0 Å². The molecule has 2 saturated heterocycles. The van der Waals surface area contributed by atoms with E-state index in [0.717, 1.165) is 19.6 Å². The monoisotopic (exact) mass is 482 g/mol. The minimum atomic E-state index is -0.788. The molecule has 0 saturated carbocycles. The lowest BCUT2D eigenvalue weighted by Crippen LogP contribution is -2.39. The number of H-pyrrole nitrogens is 1. The maximum Gasteiger partial charge on any atom is 0.354 e. The van der Waals surface area contributed by atoms with E-state index in [1.54, 1.807) is 38.4 Å². The van der Waals surface area contributed by atoms with Crippen LogP contribution in [0.25, 0.3) is 5.76 Å². The Balaban J connectivity index is 1.72. The van der Waals surface area contributed by atoms with Crippen molar-refractivity contribution in [3.05, 3.63) is 58.2 Å². The van der Waals surface area contributed by atoms with Crippen molar-refractivity contribution in [1.82, 2.24) is 19.8 Å². The van der Waals surface area contributed by atoms with E-state index in [1.165, 1.54) is 12.0 Å². The number of methoxy groups -OCH3 is 1. The standard InChI is InChI=1S/C25H30N4O6/c1-15-18(16(2)27-20(15)25(33)34-3)22(30)19-21(17-6-4-7-26-14-17)29(24(32)23(19)31)9-5-8-28-10-12-35-13-11-28/h4,6-7,14,21,27,30H,5,8-13H2,1-3H3/b22-19+. The summed E-state index contributed by atoms with van der Waals surface area (Å²) in [7, 11) is 1.27. The molecule has 10 heteroatoms. The lowest BCUT2D eigenvalue weighted by Gasteiger charge is -2.29. The largest absolute Gasteiger partial charge is 0.507 e. The van der Waals surface area contributed by atoms with Gasteiger partial charge in [-0.25, -0.2) is 4.79 Å². The zero-order valence-electron chi connectivity index (χ0n) is 20.2. The molecule has 0 aromatic carbocycles. The number of aromatic amines is 1. The Hall–Kier alpha value is -3.50. The summed E-state index contributed by atoms with van der Waals surface area (Å²) in [5, 5.41) is 11.4. The molecule has 4 rings (SSSR count). The van der Waals surface area contributed by atoms with Gasteiger partial charge in [0.2, 0.25) is 0 Å². The van der Waals surface area contributed by atoms with Crippen LogP contribution < -0.4 is 0 Å². The number of nitrogens with zero attached hydrogens (tertiary/aromatic N) is 3. The highest BCUT2D eigenvalue weighted by atomic mass is 16.5. The average molecular weight is 483 g/mol. The number of aliphatic hydroxyl groups is 1. The van der Waals surface area contributed by atoms with Crippen molar-refractivity contribution in [3.8, 4) is 0 Å². The summed E-state index contributed by atoms with van der Waals surface area (Å²) in [4.78, 5) is 49.4. The fraction of sp³-hybridized carbons (Fsp3) is 0.440. The molecule has 10 nitrogen and oxygen atoms in total. The molecule has 1 atom stereocenters. The molecule has 1 unspecified atom stereocenters. The van der Waals surface area contributed by atoms with E-state index in [4.69, 9.17) is 9.47 Å². The first-order chi connectivity index (χ1) is 16.8. The number of hydrogen-bond acceptors (Lipinski definition) is 8. The van der Waals surface area contributed by atoms with Crippen molar-refractivity contribution in [2.75, 3.05) is 46.5 Å². The summed E-state index contributed by atoms with van der Waals surface area (Å²) in [5.41, 5.74) is 2.03. The molecule has 0 radical (unpaired) electrons. The normalized spacial score (nSPS) is 20.4. The van der Waals surface area contributed by atoms with Crippen LogP contribution in [0.4, 0.5) is 0 Å². The smallest absolute Gasteiger partial charge is 0.354 e. The van der Waals surface area contributed by atoms with Crippen LogP contribution in [0.1, 0.15) is 45.3 Å². The number of morpholine rings is 1. The Morgan fingerprint density at radius 1 is 1.26 bits per heavy atom. The molecule has 2 aliphatic heterocycles. The van der Waals surface area contributed by atoms with E-state index in [9.17, 15) is 19.5 Å². The third-order valence-electron chi connectivity index (χ3n) is 6.58. The van der Waals surface area contributed by atoms with Crippen molar-refractivity contribution in [1.29, 1.82) is 0 Å². The van der Waals surface area contributed by atoms with Gasteiger partial charge in [-0.15, -0.1) is 0 Å². The number of esters is 1. The van der Waals surface area contributed by atoms with Gasteiger partial charge in [-0.2, -0.15) is 0 Å². The predicted molar refractivity (Wildman–Crippen MR) is 127 cm³/mol. The second-order valence-corrected chi connectivity index (χ2v) is 8.70. The number of amides is 1.